The lowest BCUT2D eigenvalue weighted by atomic mass is 9.66. The molecule has 4 nitrogen and oxygen atoms in total. The maximum Gasteiger partial charge on any atom is 0.246 e. The van der Waals surface area contributed by atoms with Gasteiger partial charge in [0.2, 0.25) is 5.91 Å². The summed E-state index contributed by atoms with van der Waals surface area (Å²) in [4.78, 5) is 17.8. The summed E-state index contributed by atoms with van der Waals surface area (Å²) < 4.78 is 5.33. The van der Waals surface area contributed by atoms with Crippen molar-refractivity contribution in [2.75, 3.05) is 7.11 Å². The van der Waals surface area contributed by atoms with Crippen molar-refractivity contribution < 1.29 is 14.4 Å². The van der Waals surface area contributed by atoms with Crippen molar-refractivity contribution in [3.63, 3.8) is 0 Å². The van der Waals surface area contributed by atoms with Gasteiger partial charge in [0.25, 0.3) is 0 Å². The van der Waals surface area contributed by atoms with Gasteiger partial charge in [0.05, 0.1) is 7.11 Å². The van der Waals surface area contributed by atoms with Crippen LogP contribution in [0.5, 0.6) is 5.75 Å². The number of rotatable bonds is 2. The zero-order valence-corrected chi connectivity index (χ0v) is 12.0. The number of hydrogen-bond donors (Lipinski definition) is 1. The normalized spacial score (nSPS) is 33.2. The van der Waals surface area contributed by atoms with Crippen LogP contribution in [0.25, 0.3) is 0 Å². The molecule has 0 aromatic heterocycles. The van der Waals surface area contributed by atoms with E-state index in [9.17, 15) is 4.79 Å². The van der Waals surface area contributed by atoms with Crippen molar-refractivity contribution in [1.29, 1.82) is 0 Å². The van der Waals surface area contributed by atoms with Gasteiger partial charge in [0.15, 0.2) is 0 Å². The number of ether oxygens (including phenoxy) is 1. The molecular formula is C16H21NO3. The Morgan fingerprint density at radius 1 is 1.40 bits per heavy atom. The first kappa shape index (κ1) is 13.4. The molecule has 1 aromatic rings. The van der Waals surface area contributed by atoms with Crippen molar-refractivity contribution in [3.8, 4) is 5.75 Å². The van der Waals surface area contributed by atoms with Crippen molar-refractivity contribution in [1.82, 2.24) is 5.48 Å². The zero-order valence-electron chi connectivity index (χ0n) is 12.0. The summed E-state index contributed by atoms with van der Waals surface area (Å²) in [5.41, 5.74) is 3.33. The molecule has 0 spiro atoms. The van der Waals surface area contributed by atoms with Crippen LogP contribution in [0.1, 0.15) is 38.2 Å². The summed E-state index contributed by atoms with van der Waals surface area (Å²) >= 11 is 0. The second kappa shape index (κ2) is 5.09. The van der Waals surface area contributed by atoms with Crippen LogP contribution in [0.3, 0.4) is 0 Å². The van der Waals surface area contributed by atoms with Gasteiger partial charge in [-0.15, -0.1) is 0 Å². The smallest absolute Gasteiger partial charge is 0.246 e. The van der Waals surface area contributed by atoms with E-state index >= 15 is 0 Å². The number of amides is 1. The number of carbonyl (C=O) groups is 1. The fraction of sp³-hybridized carbons (Fsp3) is 0.562. The van der Waals surface area contributed by atoms with Crippen molar-refractivity contribution >= 4 is 5.91 Å². The van der Waals surface area contributed by atoms with Crippen LogP contribution in [0.15, 0.2) is 24.3 Å². The highest BCUT2D eigenvalue weighted by Crippen LogP contribution is 2.49. The van der Waals surface area contributed by atoms with Crippen molar-refractivity contribution in [3.05, 3.63) is 29.8 Å². The molecule has 3 rings (SSSR count). The molecule has 1 aromatic carbocycles. The zero-order chi connectivity index (χ0) is 14.2. The highest BCUT2D eigenvalue weighted by molar-refractivity contribution is 5.78. The highest BCUT2D eigenvalue weighted by Gasteiger charge is 2.51. The Labute approximate surface area is 119 Å². The lowest BCUT2D eigenvalue weighted by Gasteiger charge is -2.49. The molecule has 0 bridgehead atoms. The minimum absolute atomic E-state index is 0.00424. The third-order valence-corrected chi connectivity index (χ3v) is 4.82. The van der Waals surface area contributed by atoms with E-state index in [0.29, 0.717) is 0 Å². The quantitative estimate of drug-likeness (QED) is 0.903. The molecule has 1 heterocycles. The van der Waals surface area contributed by atoms with Crippen LogP contribution in [-0.4, -0.2) is 13.0 Å². The molecule has 1 aliphatic heterocycles. The SMILES string of the molecule is COc1cccc(C23CCCCC2C(C)C(=O)NO3)c1. The van der Waals surface area contributed by atoms with E-state index in [2.05, 4.69) is 11.5 Å². The largest absolute Gasteiger partial charge is 0.497 e. The molecule has 1 amide bonds. The lowest BCUT2D eigenvalue weighted by molar-refractivity contribution is -0.213. The topological polar surface area (TPSA) is 47.6 Å². The first-order chi connectivity index (χ1) is 9.67. The second-order valence-electron chi connectivity index (χ2n) is 5.83. The molecule has 1 saturated carbocycles. The fourth-order valence-electron chi connectivity index (χ4n) is 3.67. The Morgan fingerprint density at radius 2 is 2.25 bits per heavy atom. The van der Waals surface area contributed by atoms with E-state index in [1.807, 2.05) is 25.1 Å². The maximum absolute atomic E-state index is 11.9. The molecule has 1 aliphatic carbocycles. The number of hydroxylamine groups is 1. The molecule has 108 valence electrons. The Morgan fingerprint density at radius 3 is 3.05 bits per heavy atom. The summed E-state index contributed by atoms with van der Waals surface area (Å²) in [6.45, 7) is 2.00. The van der Waals surface area contributed by atoms with E-state index in [1.165, 1.54) is 0 Å². The van der Waals surface area contributed by atoms with Gasteiger partial charge >= 0.3 is 0 Å². The van der Waals surface area contributed by atoms with Crippen molar-refractivity contribution in [2.24, 2.45) is 11.8 Å². The predicted molar refractivity (Wildman–Crippen MR) is 75.0 cm³/mol. The molecule has 20 heavy (non-hydrogen) atoms. The maximum atomic E-state index is 11.9. The molecule has 1 saturated heterocycles. The third kappa shape index (κ3) is 1.99. The predicted octanol–water partition coefficient (Wildman–Crippen LogP) is 2.78. The summed E-state index contributed by atoms with van der Waals surface area (Å²) in [5.74, 6) is 1.04. The minimum Gasteiger partial charge on any atom is -0.497 e. The van der Waals surface area contributed by atoms with Gasteiger partial charge in [-0.05, 0) is 30.5 Å². The summed E-state index contributed by atoms with van der Waals surface area (Å²) in [6.07, 6.45) is 4.26. The van der Waals surface area contributed by atoms with E-state index in [0.717, 1.165) is 37.0 Å². The Kier molecular flexibility index (Phi) is 3.42. The first-order valence-electron chi connectivity index (χ1n) is 7.30. The minimum atomic E-state index is -0.403. The van der Waals surface area contributed by atoms with Crippen LogP contribution in [0.4, 0.5) is 0 Å². The molecule has 1 N–H and O–H groups in total. The molecule has 2 fully saturated rings. The van der Waals surface area contributed by atoms with Crippen molar-refractivity contribution in [2.45, 2.75) is 38.2 Å². The highest BCUT2D eigenvalue weighted by atomic mass is 16.7. The average molecular weight is 275 g/mol. The number of hydrogen-bond acceptors (Lipinski definition) is 3. The third-order valence-electron chi connectivity index (χ3n) is 4.82. The van der Waals surface area contributed by atoms with Gasteiger partial charge in [0.1, 0.15) is 11.4 Å². The molecule has 0 radical (unpaired) electrons. The fourth-order valence-corrected chi connectivity index (χ4v) is 3.67. The summed E-state index contributed by atoms with van der Waals surface area (Å²) in [7, 11) is 1.67. The Bertz CT molecular complexity index is 516. The standard InChI is InChI=1S/C16H21NO3/c1-11-14-8-3-4-9-16(14,20-17-15(11)18)12-6-5-7-13(10-12)19-2/h5-7,10-11,14H,3-4,8-9H2,1-2H3,(H,17,18). The van der Waals surface area contributed by atoms with Crippen LogP contribution >= 0.6 is 0 Å². The number of benzene rings is 1. The van der Waals surface area contributed by atoms with Gasteiger partial charge in [-0.1, -0.05) is 31.9 Å². The van der Waals surface area contributed by atoms with Gasteiger partial charge in [-0.3, -0.25) is 9.63 Å². The Hall–Kier alpha value is -1.55. The van der Waals surface area contributed by atoms with Crippen LogP contribution in [-0.2, 0) is 15.2 Å². The van der Waals surface area contributed by atoms with Crippen LogP contribution in [0, 0.1) is 11.8 Å². The summed E-state index contributed by atoms with van der Waals surface area (Å²) in [6, 6.07) is 8.02. The Balaban J connectivity index is 2.03. The number of fused-ring (bicyclic) bond motifs is 1. The molecular weight excluding hydrogens is 254 g/mol. The van der Waals surface area contributed by atoms with E-state index in [-0.39, 0.29) is 17.7 Å². The van der Waals surface area contributed by atoms with Gasteiger partial charge < -0.3 is 4.74 Å². The molecule has 4 heteroatoms. The van der Waals surface area contributed by atoms with Crippen LogP contribution < -0.4 is 10.2 Å². The van der Waals surface area contributed by atoms with Gasteiger partial charge in [0, 0.05) is 11.8 Å². The molecule has 3 unspecified atom stereocenters. The summed E-state index contributed by atoms with van der Waals surface area (Å²) in [5, 5.41) is 0. The molecule has 3 atom stereocenters. The second-order valence-corrected chi connectivity index (χ2v) is 5.83. The number of nitrogens with one attached hydrogen (secondary N) is 1. The van der Waals surface area contributed by atoms with E-state index in [4.69, 9.17) is 9.57 Å². The van der Waals surface area contributed by atoms with E-state index < -0.39 is 5.60 Å². The van der Waals surface area contributed by atoms with E-state index in [1.54, 1.807) is 7.11 Å². The number of carbonyl (C=O) groups excluding carboxylic acids is 1. The average Bonchev–Trinajstić information content (AvgIpc) is 2.51. The monoisotopic (exact) mass is 275 g/mol. The molecule has 2 aliphatic rings. The number of methoxy groups -OCH3 is 1. The van der Waals surface area contributed by atoms with Crippen LogP contribution in [0.2, 0.25) is 0 Å². The lowest BCUT2D eigenvalue weighted by Crippen LogP contribution is -2.56. The van der Waals surface area contributed by atoms with Gasteiger partial charge in [-0.25, -0.2) is 5.48 Å². The first-order valence-corrected chi connectivity index (χ1v) is 7.30. The van der Waals surface area contributed by atoms with Gasteiger partial charge in [-0.2, -0.15) is 0 Å².